The summed E-state index contributed by atoms with van der Waals surface area (Å²) < 4.78 is 0. The summed E-state index contributed by atoms with van der Waals surface area (Å²) in [5.74, 6) is 5.04. The Morgan fingerprint density at radius 1 is 1.75 bits per heavy atom. The molecule has 0 fully saturated rings. The molecule has 0 bridgehead atoms. The van der Waals surface area contributed by atoms with Crippen molar-refractivity contribution < 1.29 is 9.63 Å². The van der Waals surface area contributed by atoms with E-state index in [1.54, 1.807) is 6.07 Å². The summed E-state index contributed by atoms with van der Waals surface area (Å²) in [7, 11) is 1.53. The lowest BCUT2D eigenvalue weighted by Crippen LogP contribution is -2.19. The Bertz CT molecular complexity index is 288. The fourth-order valence-corrected chi connectivity index (χ4v) is 0.737. The molecule has 0 spiro atoms. The van der Waals surface area contributed by atoms with Crippen LogP contribution in [0.5, 0.6) is 5.75 Å². The van der Waals surface area contributed by atoms with Crippen molar-refractivity contribution in [2.24, 2.45) is 5.90 Å². The molecule has 0 saturated heterocycles. The number of nitrogens with zero attached hydrogens (tertiary/aromatic N) is 1. The Labute approximate surface area is 69.5 Å². The van der Waals surface area contributed by atoms with Gasteiger partial charge in [0, 0.05) is 25.4 Å². The Kier molecular flexibility index (Phi) is 2.60. The van der Waals surface area contributed by atoms with Crippen LogP contribution in [0.15, 0.2) is 18.3 Å². The lowest BCUT2D eigenvalue weighted by Gasteiger charge is -2.00. The van der Waals surface area contributed by atoms with Gasteiger partial charge in [-0.1, -0.05) is 0 Å². The van der Waals surface area contributed by atoms with Gasteiger partial charge in [-0.05, 0) is 0 Å². The lowest BCUT2D eigenvalue weighted by atomic mass is 10.3. The molecular weight excluding hydrogens is 158 g/mol. The van der Waals surface area contributed by atoms with E-state index in [2.05, 4.69) is 15.1 Å². The van der Waals surface area contributed by atoms with Crippen LogP contribution in [0.1, 0.15) is 10.5 Å². The molecule has 12 heavy (non-hydrogen) atoms. The van der Waals surface area contributed by atoms with Gasteiger partial charge >= 0.3 is 0 Å². The second kappa shape index (κ2) is 3.68. The van der Waals surface area contributed by atoms with Crippen molar-refractivity contribution in [3.63, 3.8) is 0 Å². The minimum absolute atomic E-state index is 0.270. The third kappa shape index (κ3) is 1.70. The zero-order valence-electron chi connectivity index (χ0n) is 6.57. The average molecular weight is 167 g/mol. The second-order valence-electron chi connectivity index (χ2n) is 2.07. The molecule has 1 amide bonds. The molecule has 0 radical (unpaired) electrons. The van der Waals surface area contributed by atoms with Gasteiger partial charge in [0.15, 0.2) is 5.75 Å². The molecule has 0 aromatic carbocycles. The van der Waals surface area contributed by atoms with E-state index in [0.29, 0.717) is 5.75 Å². The maximum atomic E-state index is 11.0. The molecule has 3 N–H and O–H groups in total. The number of carbonyl (C=O) groups is 1. The maximum absolute atomic E-state index is 11.0. The Morgan fingerprint density at radius 3 is 3.08 bits per heavy atom. The SMILES string of the molecule is CNC(=O)c1cc(ON)ccn1. The largest absolute Gasteiger partial charge is 0.411 e. The van der Waals surface area contributed by atoms with Crippen LogP contribution in [0.2, 0.25) is 0 Å². The first kappa shape index (κ1) is 8.48. The highest BCUT2D eigenvalue weighted by atomic mass is 16.6. The molecule has 0 aliphatic carbocycles. The van der Waals surface area contributed by atoms with Crippen LogP contribution in [-0.2, 0) is 0 Å². The quantitative estimate of drug-likeness (QED) is 0.592. The van der Waals surface area contributed by atoms with E-state index < -0.39 is 0 Å². The van der Waals surface area contributed by atoms with Crippen molar-refractivity contribution in [3.8, 4) is 5.75 Å². The highest BCUT2D eigenvalue weighted by Crippen LogP contribution is 2.08. The number of hydrogen-bond donors (Lipinski definition) is 2. The topological polar surface area (TPSA) is 77.2 Å². The van der Waals surface area contributed by atoms with Crippen molar-refractivity contribution >= 4 is 5.91 Å². The monoisotopic (exact) mass is 167 g/mol. The Balaban J connectivity index is 2.93. The Hall–Kier alpha value is -1.62. The van der Waals surface area contributed by atoms with E-state index in [0.717, 1.165) is 0 Å². The third-order valence-corrected chi connectivity index (χ3v) is 1.33. The van der Waals surface area contributed by atoms with E-state index in [1.165, 1.54) is 19.3 Å². The van der Waals surface area contributed by atoms with Crippen LogP contribution in [0.25, 0.3) is 0 Å². The maximum Gasteiger partial charge on any atom is 0.269 e. The van der Waals surface area contributed by atoms with Crippen LogP contribution < -0.4 is 16.1 Å². The average Bonchev–Trinajstić information content (AvgIpc) is 2.17. The van der Waals surface area contributed by atoms with Crippen LogP contribution in [0.3, 0.4) is 0 Å². The number of rotatable bonds is 2. The summed E-state index contributed by atoms with van der Waals surface area (Å²) in [6, 6.07) is 3.02. The van der Waals surface area contributed by atoms with Gasteiger partial charge in [-0.3, -0.25) is 9.78 Å². The molecule has 64 valence electrons. The minimum atomic E-state index is -0.270. The number of carbonyl (C=O) groups excluding carboxylic acids is 1. The summed E-state index contributed by atoms with van der Waals surface area (Å²) in [4.78, 5) is 19.3. The van der Waals surface area contributed by atoms with Crippen LogP contribution in [-0.4, -0.2) is 17.9 Å². The fourth-order valence-electron chi connectivity index (χ4n) is 0.737. The second-order valence-corrected chi connectivity index (χ2v) is 2.07. The van der Waals surface area contributed by atoms with E-state index in [1.807, 2.05) is 0 Å². The molecule has 0 unspecified atom stereocenters. The molecule has 1 aromatic rings. The number of aromatic nitrogens is 1. The van der Waals surface area contributed by atoms with Crippen molar-refractivity contribution in [1.82, 2.24) is 10.3 Å². The van der Waals surface area contributed by atoms with E-state index in [9.17, 15) is 4.79 Å². The van der Waals surface area contributed by atoms with Gasteiger partial charge in [-0.25, -0.2) is 0 Å². The zero-order chi connectivity index (χ0) is 8.97. The van der Waals surface area contributed by atoms with Crippen molar-refractivity contribution in [2.45, 2.75) is 0 Å². The van der Waals surface area contributed by atoms with Crippen molar-refractivity contribution in [3.05, 3.63) is 24.0 Å². The van der Waals surface area contributed by atoms with Crippen molar-refractivity contribution in [1.29, 1.82) is 0 Å². The molecule has 1 heterocycles. The fraction of sp³-hybridized carbons (Fsp3) is 0.143. The molecule has 0 atom stereocenters. The molecule has 5 nitrogen and oxygen atoms in total. The summed E-state index contributed by atoms with van der Waals surface area (Å²) in [6.45, 7) is 0. The highest BCUT2D eigenvalue weighted by Gasteiger charge is 2.04. The molecular formula is C7H9N3O2. The summed E-state index contributed by atoms with van der Waals surface area (Å²) >= 11 is 0. The predicted octanol–water partition coefficient (Wildman–Crippen LogP) is -0.306. The van der Waals surface area contributed by atoms with Crippen molar-refractivity contribution in [2.75, 3.05) is 7.05 Å². The first-order chi connectivity index (χ1) is 5.77. The molecule has 1 aromatic heterocycles. The highest BCUT2D eigenvalue weighted by molar-refractivity contribution is 5.92. The van der Waals surface area contributed by atoms with Gasteiger partial charge in [-0.15, -0.1) is 0 Å². The Morgan fingerprint density at radius 2 is 2.50 bits per heavy atom. The zero-order valence-corrected chi connectivity index (χ0v) is 6.57. The van der Waals surface area contributed by atoms with Gasteiger partial charge in [-0.2, -0.15) is 5.90 Å². The summed E-state index contributed by atoms with van der Waals surface area (Å²) in [5.41, 5.74) is 0.278. The van der Waals surface area contributed by atoms with Crippen LogP contribution in [0, 0.1) is 0 Å². The number of amides is 1. The summed E-state index contributed by atoms with van der Waals surface area (Å²) in [5, 5.41) is 2.43. The van der Waals surface area contributed by atoms with Crippen LogP contribution >= 0.6 is 0 Å². The smallest absolute Gasteiger partial charge is 0.269 e. The van der Waals surface area contributed by atoms with E-state index in [4.69, 9.17) is 5.90 Å². The van der Waals surface area contributed by atoms with Gasteiger partial charge in [0.05, 0.1) is 0 Å². The normalized spacial score (nSPS) is 9.17. The summed E-state index contributed by atoms with van der Waals surface area (Å²) in [6.07, 6.45) is 1.45. The minimum Gasteiger partial charge on any atom is -0.411 e. The third-order valence-electron chi connectivity index (χ3n) is 1.33. The van der Waals surface area contributed by atoms with Gasteiger partial charge < -0.3 is 10.2 Å². The van der Waals surface area contributed by atoms with E-state index >= 15 is 0 Å². The van der Waals surface area contributed by atoms with E-state index in [-0.39, 0.29) is 11.6 Å². The number of nitrogens with one attached hydrogen (secondary N) is 1. The predicted molar refractivity (Wildman–Crippen MR) is 42.4 cm³/mol. The number of hydrogen-bond acceptors (Lipinski definition) is 4. The molecule has 1 rings (SSSR count). The molecule has 0 saturated carbocycles. The van der Waals surface area contributed by atoms with Crippen LogP contribution in [0.4, 0.5) is 0 Å². The lowest BCUT2D eigenvalue weighted by molar-refractivity contribution is 0.0957. The molecule has 5 heteroatoms. The van der Waals surface area contributed by atoms with Gasteiger partial charge in [0.2, 0.25) is 0 Å². The molecule has 0 aliphatic heterocycles. The number of pyridine rings is 1. The van der Waals surface area contributed by atoms with Gasteiger partial charge in [0.25, 0.3) is 5.91 Å². The molecule has 0 aliphatic rings. The number of nitrogens with two attached hydrogens (primary N) is 1. The first-order valence-electron chi connectivity index (χ1n) is 3.33. The standard InChI is InChI=1S/C7H9N3O2/c1-9-7(11)6-4-5(12-8)2-3-10-6/h2-4H,8H2,1H3,(H,9,11). The first-order valence-corrected chi connectivity index (χ1v) is 3.33. The van der Waals surface area contributed by atoms with Gasteiger partial charge in [0.1, 0.15) is 5.69 Å².